The van der Waals surface area contributed by atoms with E-state index in [9.17, 15) is 14.7 Å². The zero-order valence-electron chi connectivity index (χ0n) is 20.3. The van der Waals surface area contributed by atoms with Gasteiger partial charge in [-0.3, -0.25) is 14.5 Å². The topological polar surface area (TPSA) is 97.8 Å². The van der Waals surface area contributed by atoms with Crippen LogP contribution in [0.2, 0.25) is 0 Å². The zero-order valence-corrected chi connectivity index (χ0v) is 20.3. The van der Waals surface area contributed by atoms with E-state index in [1.165, 1.54) is 0 Å². The van der Waals surface area contributed by atoms with Crippen molar-refractivity contribution in [3.05, 3.63) is 59.2 Å². The number of likely N-dealkylation sites (tertiary alicyclic amines) is 1. The molecule has 3 aliphatic rings. The Kier molecular flexibility index (Phi) is 7.11. The highest BCUT2D eigenvalue weighted by Gasteiger charge is 2.46. The van der Waals surface area contributed by atoms with Crippen LogP contribution < -0.4 is 14.2 Å². The summed E-state index contributed by atoms with van der Waals surface area (Å²) in [7, 11) is 0. The van der Waals surface area contributed by atoms with E-state index in [0.29, 0.717) is 68.9 Å². The van der Waals surface area contributed by atoms with Crippen LogP contribution in [-0.4, -0.2) is 85.8 Å². The number of morpholine rings is 1. The minimum atomic E-state index is -0.727. The third-order valence-electron chi connectivity index (χ3n) is 6.62. The van der Waals surface area contributed by atoms with Crippen molar-refractivity contribution >= 4 is 17.4 Å². The summed E-state index contributed by atoms with van der Waals surface area (Å²) >= 11 is 0. The molecule has 1 atom stereocenters. The normalized spacial score (nSPS) is 21.6. The predicted octanol–water partition coefficient (Wildman–Crippen LogP) is 2.61. The van der Waals surface area contributed by atoms with Crippen molar-refractivity contribution in [1.29, 1.82) is 0 Å². The van der Waals surface area contributed by atoms with Gasteiger partial charge in [0.2, 0.25) is 0 Å². The number of hydrogen-bond acceptors (Lipinski definition) is 8. The van der Waals surface area contributed by atoms with Gasteiger partial charge in [-0.25, -0.2) is 0 Å². The Bertz CT molecular complexity index is 1160. The van der Waals surface area contributed by atoms with Crippen LogP contribution in [0.5, 0.6) is 17.2 Å². The van der Waals surface area contributed by atoms with Crippen molar-refractivity contribution in [2.45, 2.75) is 13.0 Å². The molecule has 5 rings (SSSR count). The average Bonchev–Trinajstić information content (AvgIpc) is 3.17. The fourth-order valence-corrected chi connectivity index (χ4v) is 4.79. The molecule has 9 heteroatoms. The van der Waals surface area contributed by atoms with Gasteiger partial charge in [0.25, 0.3) is 11.7 Å². The quantitative estimate of drug-likeness (QED) is 0.357. The fourth-order valence-electron chi connectivity index (χ4n) is 4.79. The summed E-state index contributed by atoms with van der Waals surface area (Å²) in [6, 6.07) is 11.6. The van der Waals surface area contributed by atoms with E-state index in [1.807, 2.05) is 31.2 Å². The van der Waals surface area contributed by atoms with Crippen LogP contribution in [0.3, 0.4) is 0 Å². The molecular formula is C27H30N2O7. The Morgan fingerprint density at radius 3 is 2.42 bits per heavy atom. The fraction of sp³-hybridized carbons (Fsp3) is 0.407. The number of carbonyl (C=O) groups is 2. The second-order valence-electron chi connectivity index (χ2n) is 8.81. The Labute approximate surface area is 209 Å². The summed E-state index contributed by atoms with van der Waals surface area (Å²) in [5, 5.41) is 11.3. The maximum absolute atomic E-state index is 13.3. The van der Waals surface area contributed by atoms with Gasteiger partial charge in [0.1, 0.15) is 24.7 Å². The van der Waals surface area contributed by atoms with Crippen molar-refractivity contribution in [2.75, 3.05) is 59.2 Å². The molecule has 0 radical (unpaired) electrons. The average molecular weight is 495 g/mol. The van der Waals surface area contributed by atoms with E-state index >= 15 is 0 Å². The lowest BCUT2D eigenvalue weighted by Gasteiger charge is -2.31. The van der Waals surface area contributed by atoms with Crippen LogP contribution in [0, 0.1) is 0 Å². The number of aliphatic hydroxyl groups is 1. The third kappa shape index (κ3) is 4.76. The van der Waals surface area contributed by atoms with Crippen molar-refractivity contribution in [1.82, 2.24) is 9.80 Å². The van der Waals surface area contributed by atoms with Gasteiger partial charge in [0, 0.05) is 31.7 Å². The number of hydrogen-bond donors (Lipinski definition) is 1. The molecule has 0 spiro atoms. The summed E-state index contributed by atoms with van der Waals surface area (Å²) in [6.07, 6.45) is 0. The summed E-state index contributed by atoms with van der Waals surface area (Å²) in [5.41, 5.74) is 1.17. The van der Waals surface area contributed by atoms with Crippen LogP contribution in [0.25, 0.3) is 5.76 Å². The van der Waals surface area contributed by atoms with E-state index in [-0.39, 0.29) is 11.3 Å². The molecule has 2 saturated heterocycles. The van der Waals surface area contributed by atoms with E-state index < -0.39 is 17.7 Å². The minimum Gasteiger partial charge on any atom is -0.507 e. The van der Waals surface area contributed by atoms with Crippen molar-refractivity contribution in [3.8, 4) is 17.2 Å². The van der Waals surface area contributed by atoms with Crippen LogP contribution in [0.15, 0.2) is 48.0 Å². The number of ether oxygens (including phenoxy) is 4. The number of benzene rings is 2. The molecule has 36 heavy (non-hydrogen) atoms. The molecule has 1 amide bonds. The molecule has 0 aliphatic carbocycles. The number of amides is 1. The van der Waals surface area contributed by atoms with Gasteiger partial charge in [-0.15, -0.1) is 0 Å². The van der Waals surface area contributed by atoms with Gasteiger partial charge in [0.05, 0.1) is 31.4 Å². The molecule has 2 fully saturated rings. The van der Waals surface area contributed by atoms with Gasteiger partial charge < -0.3 is 29.0 Å². The maximum atomic E-state index is 13.3. The molecule has 190 valence electrons. The molecule has 2 aromatic carbocycles. The molecule has 3 aliphatic heterocycles. The highest BCUT2D eigenvalue weighted by Crippen LogP contribution is 2.41. The first-order valence-electron chi connectivity index (χ1n) is 12.3. The maximum Gasteiger partial charge on any atom is 0.295 e. The third-order valence-corrected chi connectivity index (χ3v) is 6.62. The summed E-state index contributed by atoms with van der Waals surface area (Å²) in [4.78, 5) is 30.3. The van der Waals surface area contributed by atoms with Crippen molar-refractivity contribution < 1.29 is 33.6 Å². The first-order chi connectivity index (χ1) is 17.6. The molecule has 0 unspecified atom stereocenters. The van der Waals surface area contributed by atoms with Gasteiger partial charge in [-0.05, 0) is 42.8 Å². The number of rotatable bonds is 7. The number of Topliss-reactive ketones (excluding diaryl/α,β-unsaturated/α-hetero) is 1. The smallest absolute Gasteiger partial charge is 0.295 e. The van der Waals surface area contributed by atoms with E-state index in [2.05, 4.69) is 4.90 Å². The lowest BCUT2D eigenvalue weighted by atomic mass is 9.95. The van der Waals surface area contributed by atoms with Crippen LogP contribution in [-0.2, 0) is 14.3 Å². The van der Waals surface area contributed by atoms with Crippen molar-refractivity contribution in [3.63, 3.8) is 0 Å². The summed E-state index contributed by atoms with van der Waals surface area (Å²) in [6.45, 7) is 7.07. The molecule has 0 aromatic heterocycles. The molecule has 2 aromatic rings. The van der Waals surface area contributed by atoms with Crippen LogP contribution in [0.1, 0.15) is 24.1 Å². The zero-order chi connectivity index (χ0) is 25.1. The molecule has 3 heterocycles. The summed E-state index contributed by atoms with van der Waals surface area (Å²) < 4.78 is 22.2. The Balaban J connectivity index is 1.52. The van der Waals surface area contributed by atoms with E-state index in [4.69, 9.17) is 18.9 Å². The first kappa shape index (κ1) is 24.1. The largest absolute Gasteiger partial charge is 0.507 e. The Hall–Kier alpha value is -3.56. The van der Waals surface area contributed by atoms with Crippen LogP contribution in [0.4, 0.5) is 0 Å². The highest BCUT2D eigenvalue weighted by atomic mass is 16.6. The predicted molar refractivity (Wildman–Crippen MR) is 131 cm³/mol. The van der Waals surface area contributed by atoms with Gasteiger partial charge >= 0.3 is 0 Å². The lowest BCUT2D eigenvalue weighted by Crippen LogP contribution is -2.42. The molecule has 9 nitrogen and oxygen atoms in total. The second-order valence-corrected chi connectivity index (χ2v) is 8.81. The summed E-state index contributed by atoms with van der Waals surface area (Å²) in [5.74, 6) is 0.192. The molecule has 0 bridgehead atoms. The number of carbonyl (C=O) groups excluding carboxylic acids is 2. The van der Waals surface area contributed by atoms with Gasteiger partial charge in [0.15, 0.2) is 11.5 Å². The number of fused-ring (bicyclic) bond motifs is 1. The minimum absolute atomic E-state index is 0.0582. The monoisotopic (exact) mass is 494 g/mol. The van der Waals surface area contributed by atoms with Crippen LogP contribution >= 0.6 is 0 Å². The van der Waals surface area contributed by atoms with Crippen molar-refractivity contribution in [2.24, 2.45) is 0 Å². The molecular weight excluding hydrogens is 464 g/mol. The lowest BCUT2D eigenvalue weighted by molar-refractivity contribution is -0.140. The van der Waals surface area contributed by atoms with Gasteiger partial charge in [-0.1, -0.05) is 12.1 Å². The molecule has 0 saturated carbocycles. The Morgan fingerprint density at radius 1 is 0.972 bits per heavy atom. The standard InChI is InChI=1S/C27H30N2O7/c1-2-34-20-6-3-18(4-7-20)24-23(25(30)19-5-8-21-22(17-19)36-16-15-35-21)26(31)27(32)29(24)10-9-28-11-13-33-14-12-28/h3-8,17,24,30H,2,9-16H2,1H3/t24-/m1/s1. The number of ketones is 1. The van der Waals surface area contributed by atoms with E-state index in [0.717, 1.165) is 18.7 Å². The molecule has 1 N–H and O–H groups in total. The Morgan fingerprint density at radius 2 is 1.69 bits per heavy atom. The number of nitrogens with zero attached hydrogens (tertiary/aromatic N) is 2. The van der Waals surface area contributed by atoms with E-state index in [1.54, 1.807) is 23.1 Å². The number of aliphatic hydroxyl groups excluding tert-OH is 1. The second kappa shape index (κ2) is 10.6. The van der Waals surface area contributed by atoms with Gasteiger partial charge in [-0.2, -0.15) is 0 Å². The highest BCUT2D eigenvalue weighted by molar-refractivity contribution is 6.46. The SMILES string of the molecule is CCOc1ccc([C@@H]2C(=C(O)c3ccc4c(c3)OCCO4)C(=O)C(=O)N2CCN2CCOCC2)cc1. The first-order valence-corrected chi connectivity index (χ1v) is 12.3.